The second-order valence-electron chi connectivity index (χ2n) is 10.0. The van der Waals surface area contributed by atoms with Gasteiger partial charge < -0.3 is 21.6 Å². The van der Waals surface area contributed by atoms with Crippen molar-refractivity contribution in [3.05, 3.63) is 48.3 Å². The zero-order chi connectivity index (χ0) is 25.5. The molecule has 2 unspecified atom stereocenters. The van der Waals surface area contributed by atoms with Gasteiger partial charge in [0.15, 0.2) is 5.65 Å². The first-order valence-electron chi connectivity index (χ1n) is 11.4. The number of piperidine rings is 1. The first kappa shape index (κ1) is 24.8. The quantitative estimate of drug-likeness (QED) is 0.483. The molecule has 0 aliphatic carbocycles. The van der Waals surface area contributed by atoms with Crippen molar-refractivity contribution in [2.75, 3.05) is 17.7 Å². The molecule has 35 heavy (non-hydrogen) atoms. The maximum Gasteiger partial charge on any atom is 0.404 e. The fourth-order valence-electron chi connectivity index (χ4n) is 4.52. The number of hydrogen-bond donors (Lipinski definition) is 3. The van der Waals surface area contributed by atoms with E-state index in [-0.39, 0.29) is 28.1 Å². The molecule has 11 heteroatoms. The summed E-state index contributed by atoms with van der Waals surface area (Å²) in [6.45, 7) is 8.79. The number of ether oxygens (including phenoxy) is 1. The van der Waals surface area contributed by atoms with E-state index in [1.807, 2.05) is 6.92 Å². The molecule has 0 bridgehead atoms. The van der Waals surface area contributed by atoms with Crippen molar-refractivity contribution in [1.29, 1.82) is 0 Å². The number of anilines is 2. The van der Waals surface area contributed by atoms with E-state index in [2.05, 4.69) is 36.2 Å². The van der Waals surface area contributed by atoms with Gasteiger partial charge in [-0.2, -0.15) is 0 Å². The molecule has 1 fully saturated rings. The van der Waals surface area contributed by atoms with Crippen LogP contribution in [0.1, 0.15) is 39.2 Å². The van der Waals surface area contributed by atoms with Gasteiger partial charge >= 0.3 is 6.09 Å². The maximum absolute atomic E-state index is 13.3. The fourth-order valence-corrected chi connectivity index (χ4v) is 5.83. The number of nitrogens with two attached hydrogens (primary N) is 2. The van der Waals surface area contributed by atoms with Gasteiger partial charge in [0, 0.05) is 30.6 Å². The van der Waals surface area contributed by atoms with Crippen LogP contribution in [0.3, 0.4) is 0 Å². The molecule has 2 atom stereocenters. The lowest BCUT2D eigenvalue weighted by molar-refractivity contribution is 0.00114. The van der Waals surface area contributed by atoms with E-state index in [0.717, 1.165) is 5.56 Å². The van der Waals surface area contributed by atoms with Gasteiger partial charge in [-0.1, -0.05) is 38.5 Å². The van der Waals surface area contributed by atoms with Crippen molar-refractivity contribution in [3.8, 4) is 0 Å². The third kappa shape index (κ3) is 4.92. The Kier molecular flexibility index (Phi) is 6.41. The van der Waals surface area contributed by atoms with Crippen LogP contribution in [0, 0.1) is 12.3 Å². The minimum atomic E-state index is -3.84. The lowest BCUT2D eigenvalue weighted by Gasteiger charge is -2.45. The number of fused-ring (bicyclic) bond motifs is 1. The molecular formula is C24H32N6O4S. The Morgan fingerprint density at radius 2 is 1.89 bits per heavy atom. The Hall–Kier alpha value is -3.31. The van der Waals surface area contributed by atoms with Crippen LogP contribution < -0.4 is 16.9 Å². The number of nitrogen functional groups attached to an aromatic ring is 1. The molecule has 188 valence electrons. The minimum Gasteiger partial charge on any atom is -0.446 e. The summed E-state index contributed by atoms with van der Waals surface area (Å²) >= 11 is 0. The van der Waals surface area contributed by atoms with Gasteiger partial charge in [-0.15, -0.1) is 0 Å². The maximum atomic E-state index is 13.3. The Labute approximate surface area is 205 Å². The minimum absolute atomic E-state index is 0.0124. The molecule has 1 aromatic carbocycles. The fraction of sp³-hybridized carbons (Fsp3) is 0.417. The molecule has 10 nitrogen and oxygen atoms in total. The molecule has 2 aromatic heterocycles. The van der Waals surface area contributed by atoms with Crippen molar-refractivity contribution >= 4 is 38.5 Å². The van der Waals surface area contributed by atoms with Gasteiger partial charge in [0.1, 0.15) is 6.10 Å². The first-order chi connectivity index (χ1) is 16.4. The van der Waals surface area contributed by atoms with Crippen LogP contribution >= 0.6 is 0 Å². The number of aromatic nitrogens is 2. The van der Waals surface area contributed by atoms with Crippen LogP contribution in [0.2, 0.25) is 0 Å². The number of hydrazine groups is 1. The van der Waals surface area contributed by atoms with E-state index in [0.29, 0.717) is 36.1 Å². The predicted molar refractivity (Wildman–Crippen MR) is 135 cm³/mol. The SMILES string of the molecule is Cc1ccc(S(=O)(=O)n2ccc3c(NN4CCC(OC(N)=O)CC4C(C)(C)C)c(N)cnc32)cc1. The van der Waals surface area contributed by atoms with E-state index >= 15 is 0 Å². The number of rotatable bonds is 5. The average Bonchev–Trinajstić information content (AvgIpc) is 3.21. The van der Waals surface area contributed by atoms with Crippen LogP contribution in [0.5, 0.6) is 0 Å². The van der Waals surface area contributed by atoms with Crippen molar-refractivity contribution in [2.45, 2.75) is 57.6 Å². The van der Waals surface area contributed by atoms with Crippen molar-refractivity contribution < 1.29 is 17.9 Å². The Balaban J connectivity index is 1.70. The molecule has 0 spiro atoms. The lowest BCUT2D eigenvalue weighted by Crippen LogP contribution is -2.54. The number of pyridine rings is 1. The molecular weight excluding hydrogens is 468 g/mol. The highest BCUT2D eigenvalue weighted by molar-refractivity contribution is 7.90. The van der Waals surface area contributed by atoms with Crippen molar-refractivity contribution in [2.24, 2.45) is 11.1 Å². The molecule has 3 heterocycles. The molecule has 5 N–H and O–H groups in total. The van der Waals surface area contributed by atoms with Gasteiger partial charge in [-0.25, -0.2) is 27.2 Å². The number of nitrogens with one attached hydrogen (secondary N) is 1. The van der Waals surface area contributed by atoms with Crippen molar-refractivity contribution in [3.63, 3.8) is 0 Å². The monoisotopic (exact) mass is 500 g/mol. The number of amides is 1. The lowest BCUT2D eigenvalue weighted by atomic mass is 9.80. The Morgan fingerprint density at radius 1 is 1.20 bits per heavy atom. The van der Waals surface area contributed by atoms with Gasteiger partial charge in [-0.05, 0) is 37.0 Å². The topological polar surface area (TPSA) is 146 Å². The zero-order valence-corrected chi connectivity index (χ0v) is 21.2. The normalized spacial score (nSPS) is 19.5. The summed E-state index contributed by atoms with van der Waals surface area (Å²) < 4.78 is 33.1. The van der Waals surface area contributed by atoms with Gasteiger partial charge in [0.2, 0.25) is 0 Å². The summed E-state index contributed by atoms with van der Waals surface area (Å²) in [5, 5.41) is 2.65. The number of benzene rings is 1. The predicted octanol–water partition coefficient (Wildman–Crippen LogP) is 3.47. The summed E-state index contributed by atoms with van der Waals surface area (Å²) in [6, 6.07) is 8.37. The number of aryl methyl sites for hydroxylation is 1. The standard InChI is InChI=1S/C24H32N6O4S/c1-15-5-7-17(8-6-15)35(32,33)30-12-10-18-21(19(25)14-27-22(18)30)28-29-11-9-16(34-23(26)31)13-20(29)24(2,3)4/h5-8,10,12,14,16,20H,9,11,13,25H2,1-4H3,(H2,26,31)(H,27,28). The molecule has 0 saturated carbocycles. The van der Waals surface area contributed by atoms with Crippen LogP contribution in [-0.4, -0.2) is 47.2 Å². The number of nitrogens with zero attached hydrogens (tertiary/aromatic N) is 3. The van der Waals surface area contributed by atoms with Gasteiger partial charge in [-0.3, -0.25) is 0 Å². The molecule has 1 aliphatic heterocycles. The third-order valence-electron chi connectivity index (χ3n) is 6.38. The average molecular weight is 501 g/mol. The Bertz CT molecular complexity index is 1340. The summed E-state index contributed by atoms with van der Waals surface area (Å²) in [7, 11) is -3.84. The highest BCUT2D eigenvalue weighted by Gasteiger charge is 2.38. The van der Waals surface area contributed by atoms with E-state index in [1.165, 1.54) is 16.4 Å². The molecule has 4 rings (SSSR count). The highest BCUT2D eigenvalue weighted by atomic mass is 32.2. The third-order valence-corrected chi connectivity index (χ3v) is 8.06. The molecule has 1 saturated heterocycles. The molecule has 3 aromatic rings. The van der Waals surface area contributed by atoms with E-state index in [1.54, 1.807) is 30.3 Å². The second kappa shape index (κ2) is 9.04. The summed E-state index contributed by atoms with van der Waals surface area (Å²) in [5.74, 6) is 0. The van der Waals surface area contributed by atoms with Gasteiger partial charge in [0.05, 0.1) is 22.5 Å². The van der Waals surface area contributed by atoms with Crippen LogP contribution in [-0.2, 0) is 14.8 Å². The smallest absolute Gasteiger partial charge is 0.404 e. The van der Waals surface area contributed by atoms with Crippen LogP contribution in [0.4, 0.5) is 16.2 Å². The number of carbonyl (C=O) groups is 1. The summed E-state index contributed by atoms with van der Waals surface area (Å²) in [6.07, 6.45) is 3.09. The van der Waals surface area contributed by atoms with Crippen molar-refractivity contribution in [1.82, 2.24) is 14.0 Å². The Morgan fingerprint density at radius 3 is 2.51 bits per heavy atom. The number of hydrogen-bond acceptors (Lipinski definition) is 8. The molecule has 1 aliphatic rings. The first-order valence-corrected chi connectivity index (χ1v) is 12.9. The molecule has 0 radical (unpaired) electrons. The van der Waals surface area contributed by atoms with Crippen LogP contribution in [0.15, 0.2) is 47.6 Å². The molecule has 1 amide bonds. The highest BCUT2D eigenvalue weighted by Crippen LogP contribution is 2.36. The largest absolute Gasteiger partial charge is 0.446 e. The van der Waals surface area contributed by atoms with Crippen LogP contribution in [0.25, 0.3) is 11.0 Å². The number of primary amides is 1. The number of carbonyl (C=O) groups excluding carboxylic acids is 1. The van der Waals surface area contributed by atoms with E-state index in [9.17, 15) is 13.2 Å². The van der Waals surface area contributed by atoms with Gasteiger partial charge in [0.25, 0.3) is 10.0 Å². The summed E-state index contributed by atoms with van der Waals surface area (Å²) in [4.78, 5) is 15.8. The second-order valence-corrected chi connectivity index (χ2v) is 11.8. The van der Waals surface area contributed by atoms with E-state index in [4.69, 9.17) is 16.2 Å². The zero-order valence-electron chi connectivity index (χ0n) is 20.4. The van der Waals surface area contributed by atoms with E-state index < -0.39 is 16.1 Å². The summed E-state index contributed by atoms with van der Waals surface area (Å²) in [5.41, 5.74) is 17.0.